The van der Waals surface area contributed by atoms with Gasteiger partial charge in [-0.15, -0.1) is 0 Å². The Morgan fingerprint density at radius 1 is 1.21 bits per heavy atom. The molecule has 0 radical (unpaired) electrons. The van der Waals surface area contributed by atoms with Crippen LogP contribution in [-0.2, 0) is 23.8 Å². The predicted octanol–water partition coefficient (Wildman–Crippen LogP) is 0.716. The third kappa shape index (κ3) is 1.62. The van der Waals surface area contributed by atoms with Gasteiger partial charge in [0.15, 0.2) is 0 Å². The van der Waals surface area contributed by atoms with Crippen LogP contribution < -0.4 is 0 Å². The highest BCUT2D eigenvalue weighted by Crippen LogP contribution is 2.71. The zero-order valence-electron chi connectivity index (χ0n) is 15.4. The molecule has 2 saturated carbocycles. The summed E-state index contributed by atoms with van der Waals surface area (Å²) in [5.74, 6) is -1.77. The first kappa shape index (κ1) is 17.0. The number of furan rings is 1. The van der Waals surface area contributed by atoms with Crippen LogP contribution in [0.3, 0.4) is 0 Å². The van der Waals surface area contributed by atoms with Crippen molar-refractivity contribution in [3.8, 4) is 0 Å². The van der Waals surface area contributed by atoms with E-state index in [0.29, 0.717) is 12.8 Å². The van der Waals surface area contributed by atoms with Crippen LogP contribution in [0.1, 0.15) is 37.9 Å². The Bertz CT molecular complexity index is 866. The largest absolute Gasteiger partial charge is 0.472 e. The van der Waals surface area contributed by atoms with Crippen molar-refractivity contribution < 1.29 is 38.4 Å². The second kappa shape index (κ2) is 4.98. The summed E-state index contributed by atoms with van der Waals surface area (Å²) in [6.45, 7) is 1.82. The molecule has 0 amide bonds. The lowest BCUT2D eigenvalue weighted by atomic mass is 9.42. The van der Waals surface area contributed by atoms with Gasteiger partial charge in [-0.2, -0.15) is 0 Å². The second-order valence-corrected chi connectivity index (χ2v) is 9.11. The Labute approximate surface area is 160 Å². The topological polar surface area (TPSA) is 119 Å². The van der Waals surface area contributed by atoms with Gasteiger partial charge >= 0.3 is 11.9 Å². The molecule has 5 aliphatic rings. The fourth-order valence-electron chi connectivity index (χ4n) is 6.83. The Kier molecular flexibility index (Phi) is 3.02. The number of hydrogen-bond acceptors (Lipinski definition) is 8. The quantitative estimate of drug-likeness (QED) is 0.532. The number of carbonyl (C=O) groups is 2. The van der Waals surface area contributed by atoms with Crippen LogP contribution in [-0.4, -0.2) is 52.7 Å². The number of ether oxygens (including phenoxy) is 3. The van der Waals surface area contributed by atoms with E-state index in [4.69, 9.17) is 18.6 Å². The lowest BCUT2D eigenvalue weighted by Gasteiger charge is -2.59. The van der Waals surface area contributed by atoms with Crippen molar-refractivity contribution in [2.24, 2.45) is 22.7 Å². The maximum absolute atomic E-state index is 13.3. The first-order chi connectivity index (χ1) is 13.4. The molecule has 2 aliphatic carbocycles. The summed E-state index contributed by atoms with van der Waals surface area (Å²) in [5, 5.41) is 22.6. The zero-order valence-corrected chi connectivity index (χ0v) is 15.4. The van der Waals surface area contributed by atoms with Crippen LogP contribution in [0.4, 0.5) is 0 Å². The first-order valence-electron chi connectivity index (χ1n) is 9.82. The molecule has 8 nitrogen and oxygen atoms in total. The van der Waals surface area contributed by atoms with E-state index in [1.807, 2.05) is 6.92 Å². The average molecular weight is 390 g/mol. The monoisotopic (exact) mass is 390 g/mol. The number of esters is 2. The molecule has 28 heavy (non-hydrogen) atoms. The molecule has 0 aromatic carbocycles. The molecule has 1 aromatic heterocycles. The lowest BCUT2D eigenvalue weighted by molar-refractivity contribution is -0.226. The number of cyclic esters (lactones) is 2. The minimum Gasteiger partial charge on any atom is -0.472 e. The molecule has 2 N–H and O–H groups in total. The van der Waals surface area contributed by atoms with Gasteiger partial charge in [0.25, 0.3) is 0 Å². The number of hydrogen-bond donors (Lipinski definition) is 2. The van der Waals surface area contributed by atoms with Crippen molar-refractivity contribution in [3.63, 3.8) is 0 Å². The molecule has 8 heteroatoms. The maximum Gasteiger partial charge on any atom is 0.341 e. The van der Waals surface area contributed by atoms with Gasteiger partial charge in [0, 0.05) is 12.0 Å². The highest BCUT2D eigenvalue weighted by molar-refractivity contribution is 5.87. The molecule has 2 spiro atoms. The van der Waals surface area contributed by atoms with E-state index in [9.17, 15) is 19.8 Å². The molecule has 150 valence electrons. The smallest absolute Gasteiger partial charge is 0.341 e. The summed E-state index contributed by atoms with van der Waals surface area (Å²) < 4.78 is 21.9. The Morgan fingerprint density at radius 2 is 2.04 bits per heavy atom. The van der Waals surface area contributed by atoms with Crippen molar-refractivity contribution in [2.75, 3.05) is 6.61 Å². The fourth-order valence-corrected chi connectivity index (χ4v) is 6.83. The van der Waals surface area contributed by atoms with Gasteiger partial charge in [0.1, 0.15) is 18.8 Å². The van der Waals surface area contributed by atoms with E-state index in [-0.39, 0.29) is 31.0 Å². The van der Waals surface area contributed by atoms with Crippen LogP contribution in [0, 0.1) is 22.7 Å². The van der Waals surface area contributed by atoms with Gasteiger partial charge in [-0.3, -0.25) is 4.79 Å². The van der Waals surface area contributed by atoms with E-state index in [2.05, 4.69) is 0 Å². The fraction of sp³-hybridized carbons (Fsp3) is 0.700. The summed E-state index contributed by atoms with van der Waals surface area (Å²) in [6, 6.07) is 1.77. The van der Waals surface area contributed by atoms with Gasteiger partial charge in [-0.1, -0.05) is 6.92 Å². The molecule has 0 bridgehead atoms. The molecule has 3 aliphatic heterocycles. The molecule has 6 rings (SSSR count). The normalized spacial score (nSPS) is 54.0. The highest BCUT2D eigenvalue weighted by Gasteiger charge is 2.85. The van der Waals surface area contributed by atoms with Crippen molar-refractivity contribution in [1.29, 1.82) is 0 Å². The SMILES string of the molecule is C[C@@H]1C[C@@H](O)[C@@]23COC(=O)[C@]2(O)[C@H]2O[C@H]2C[C@@H]3[C@@]12C[C@@H](c1ccoc1)OC2=O. The van der Waals surface area contributed by atoms with Gasteiger partial charge in [-0.05, 0) is 30.7 Å². The molecule has 9 atom stereocenters. The van der Waals surface area contributed by atoms with Gasteiger partial charge in [0.05, 0.1) is 35.6 Å². The molecular weight excluding hydrogens is 368 g/mol. The van der Waals surface area contributed by atoms with Gasteiger partial charge in [-0.25, -0.2) is 4.79 Å². The van der Waals surface area contributed by atoms with Gasteiger partial charge in [0.2, 0.25) is 5.60 Å². The number of carbonyl (C=O) groups excluding carboxylic acids is 2. The molecule has 3 saturated heterocycles. The van der Waals surface area contributed by atoms with Crippen LogP contribution in [0.2, 0.25) is 0 Å². The van der Waals surface area contributed by atoms with Crippen molar-refractivity contribution in [1.82, 2.24) is 0 Å². The standard InChI is InChI=1S/C20H22O8/c1-9-4-14(21)19-8-26-17(23)20(19,24)15-11(27-15)5-13(19)18(9)6-12(28-16(18)22)10-2-3-25-7-10/h2-3,7,9,11-15,21,24H,4-6,8H2,1H3/t9-,11+,12+,13-,14-,15+,18-,19+,20-/m1/s1. The average Bonchev–Trinajstić information content (AvgIpc) is 3.01. The van der Waals surface area contributed by atoms with E-state index in [1.165, 1.54) is 6.26 Å². The number of aliphatic hydroxyl groups is 2. The molecule has 4 heterocycles. The minimum atomic E-state index is -1.93. The molecular formula is C20H22O8. The third-order valence-electron chi connectivity index (χ3n) is 8.29. The van der Waals surface area contributed by atoms with Crippen LogP contribution in [0.15, 0.2) is 23.0 Å². The summed E-state index contributed by atoms with van der Waals surface area (Å²) in [5.41, 5.74) is -3.34. The van der Waals surface area contributed by atoms with Crippen LogP contribution >= 0.6 is 0 Å². The number of rotatable bonds is 1. The Hall–Kier alpha value is -1.90. The molecule has 1 aromatic rings. The Morgan fingerprint density at radius 3 is 2.79 bits per heavy atom. The number of aliphatic hydroxyl groups excluding tert-OH is 1. The van der Waals surface area contributed by atoms with Crippen LogP contribution in [0.5, 0.6) is 0 Å². The summed E-state index contributed by atoms with van der Waals surface area (Å²) in [7, 11) is 0. The first-order valence-corrected chi connectivity index (χ1v) is 9.82. The minimum absolute atomic E-state index is 0.112. The van der Waals surface area contributed by atoms with E-state index < -0.39 is 46.6 Å². The zero-order chi connectivity index (χ0) is 19.5. The summed E-state index contributed by atoms with van der Waals surface area (Å²) >= 11 is 0. The Balaban J connectivity index is 1.51. The van der Waals surface area contributed by atoms with E-state index >= 15 is 0 Å². The van der Waals surface area contributed by atoms with Crippen molar-refractivity contribution in [3.05, 3.63) is 24.2 Å². The van der Waals surface area contributed by atoms with E-state index in [1.54, 1.807) is 12.3 Å². The van der Waals surface area contributed by atoms with E-state index in [0.717, 1.165) is 5.56 Å². The number of fused-ring (bicyclic) bond motifs is 3. The highest BCUT2D eigenvalue weighted by atomic mass is 16.6. The maximum atomic E-state index is 13.3. The third-order valence-corrected chi connectivity index (χ3v) is 8.29. The summed E-state index contributed by atoms with van der Waals surface area (Å²) in [4.78, 5) is 25.9. The predicted molar refractivity (Wildman–Crippen MR) is 89.5 cm³/mol. The van der Waals surface area contributed by atoms with Crippen molar-refractivity contribution in [2.45, 2.75) is 56.2 Å². The lowest BCUT2D eigenvalue weighted by Crippen LogP contribution is -2.72. The van der Waals surface area contributed by atoms with Gasteiger partial charge < -0.3 is 28.8 Å². The molecule has 0 unspecified atom stereocenters. The second-order valence-electron chi connectivity index (χ2n) is 9.11. The van der Waals surface area contributed by atoms with Crippen LogP contribution in [0.25, 0.3) is 0 Å². The number of epoxide rings is 1. The van der Waals surface area contributed by atoms with Crippen molar-refractivity contribution >= 4 is 11.9 Å². The summed E-state index contributed by atoms with van der Waals surface area (Å²) in [6.07, 6.45) is 1.85. The molecule has 5 fully saturated rings.